The number of aliphatic hydroxyl groups excluding tert-OH is 2. The average Bonchev–Trinajstić information content (AvgIpc) is 2.73. The molecule has 2 aliphatic heterocycles. The van der Waals surface area contributed by atoms with E-state index >= 15 is 0 Å². The van der Waals surface area contributed by atoms with E-state index in [-0.39, 0.29) is 35.4 Å². The van der Waals surface area contributed by atoms with Gasteiger partial charge in [0.2, 0.25) is 0 Å². The molecule has 6 nitrogen and oxygen atoms in total. The van der Waals surface area contributed by atoms with Crippen LogP contribution in [-0.2, 0) is 4.79 Å². The predicted octanol–water partition coefficient (Wildman–Crippen LogP) is 2.87. The van der Waals surface area contributed by atoms with Crippen LogP contribution in [0.1, 0.15) is 30.9 Å². The average molecular weight is 391 g/mol. The van der Waals surface area contributed by atoms with Crippen LogP contribution < -0.4 is 0 Å². The molecular formula is C23H25N3O3. The maximum Gasteiger partial charge on any atom is 0.276 e. The highest BCUT2D eigenvalue weighted by molar-refractivity contribution is 5.96. The van der Waals surface area contributed by atoms with E-state index in [1.807, 2.05) is 50.2 Å². The molecule has 0 saturated carbocycles. The summed E-state index contributed by atoms with van der Waals surface area (Å²) in [4.78, 5) is 14.8. The number of piperazine rings is 1. The fourth-order valence-electron chi connectivity index (χ4n) is 4.13. The Bertz CT molecular complexity index is 901. The van der Waals surface area contributed by atoms with Gasteiger partial charge in [0, 0.05) is 18.5 Å². The first kappa shape index (κ1) is 19.2. The molecule has 4 rings (SSSR count). The van der Waals surface area contributed by atoms with Crippen LogP contribution in [0.3, 0.4) is 0 Å². The zero-order valence-electron chi connectivity index (χ0n) is 16.5. The molecule has 2 heterocycles. The molecule has 2 unspecified atom stereocenters. The summed E-state index contributed by atoms with van der Waals surface area (Å²) in [6.45, 7) is 4.35. The summed E-state index contributed by atoms with van der Waals surface area (Å²) in [5.41, 5.74) is 2.26. The Morgan fingerprint density at radius 2 is 1.55 bits per heavy atom. The van der Waals surface area contributed by atoms with Crippen LogP contribution >= 0.6 is 0 Å². The number of aliphatic hydroxyl groups is 2. The fraction of sp³-hybridized carbons (Fsp3) is 0.304. The Kier molecular flexibility index (Phi) is 5.11. The normalized spacial score (nSPS) is 21.9. The van der Waals surface area contributed by atoms with Gasteiger partial charge in [-0.2, -0.15) is 5.10 Å². The van der Waals surface area contributed by atoms with Crippen molar-refractivity contribution in [1.29, 1.82) is 0 Å². The molecule has 1 fully saturated rings. The number of fused-ring (bicyclic) bond motifs is 1. The maximum absolute atomic E-state index is 13.1. The zero-order valence-corrected chi connectivity index (χ0v) is 16.5. The third-order valence-electron chi connectivity index (χ3n) is 5.57. The molecular weight excluding hydrogens is 366 g/mol. The number of carbonyl (C=O) groups is 1. The van der Waals surface area contributed by atoms with E-state index in [9.17, 15) is 15.0 Å². The molecule has 0 aliphatic carbocycles. The number of hydrazone groups is 1. The summed E-state index contributed by atoms with van der Waals surface area (Å²) in [7, 11) is 0. The van der Waals surface area contributed by atoms with Crippen LogP contribution in [0.5, 0.6) is 0 Å². The molecule has 6 heteroatoms. The first-order valence-corrected chi connectivity index (χ1v) is 9.84. The highest BCUT2D eigenvalue weighted by Crippen LogP contribution is 2.38. The standard InChI is InChI=1S/C23H25N3O3/c1-15(2)25-14-18(26-21(23(25)29)22(28)19(27)13-24-26)20(16-9-5-3-6-10-16)17-11-7-4-8-12-17/h3-13,15,18-20,27-28H,14H2,1-2H3. The highest BCUT2D eigenvalue weighted by atomic mass is 16.3. The number of rotatable bonds is 4. The van der Waals surface area contributed by atoms with Gasteiger partial charge in [-0.25, -0.2) is 0 Å². The lowest BCUT2D eigenvalue weighted by Gasteiger charge is -2.46. The Morgan fingerprint density at radius 1 is 1.00 bits per heavy atom. The van der Waals surface area contributed by atoms with Crippen molar-refractivity contribution in [2.75, 3.05) is 6.54 Å². The lowest BCUT2D eigenvalue weighted by molar-refractivity contribution is -0.136. The third-order valence-corrected chi connectivity index (χ3v) is 5.57. The lowest BCUT2D eigenvalue weighted by Crippen LogP contribution is -2.58. The molecule has 150 valence electrons. The van der Waals surface area contributed by atoms with Gasteiger partial charge in [0.05, 0.1) is 12.3 Å². The molecule has 2 N–H and O–H groups in total. The van der Waals surface area contributed by atoms with Crippen molar-refractivity contribution in [2.45, 2.75) is 38.0 Å². The number of amides is 1. The second kappa shape index (κ2) is 7.72. The van der Waals surface area contributed by atoms with E-state index in [0.717, 1.165) is 11.1 Å². The molecule has 0 radical (unpaired) electrons. The van der Waals surface area contributed by atoms with Crippen LogP contribution in [-0.4, -0.2) is 57.0 Å². The smallest absolute Gasteiger partial charge is 0.276 e. The van der Waals surface area contributed by atoms with Gasteiger partial charge >= 0.3 is 0 Å². The van der Waals surface area contributed by atoms with Crippen molar-refractivity contribution in [3.63, 3.8) is 0 Å². The second-order valence-corrected chi connectivity index (χ2v) is 7.71. The van der Waals surface area contributed by atoms with E-state index in [0.29, 0.717) is 6.54 Å². The molecule has 0 spiro atoms. The quantitative estimate of drug-likeness (QED) is 0.840. The maximum atomic E-state index is 13.1. The van der Waals surface area contributed by atoms with E-state index in [1.54, 1.807) is 9.91 Å². The molecule has 1 amide bonds. The molecule has 0 aromatic heterocycles. The van der Waals surface area contributed by atoms with E-state index in [2.05, 4.69) is 29.4 Å². The highest BCUT2D eigenvalue weighted by Gasteiger charge is 2.45. The topological polar surface area (TPSA) is 76.4 Å². The Hall–Kier alpha value is -3.12. The number of carbonyl (C=O) groups excluding carboxylic acids is 1. The summed E-state index contributed by atoms with van der Waals surface area (Å²) in [6.07, 6.45) is 0.00172. The van der Waals surface area contributed by atoms with Crippen molar-refractivity contribution in [3.05, 3.63) is 83.2 Å². The van der Waals surface area contributed by atoms with Crippen LogP contribution in [0.2, 0.25) is 0 Å². The Morgan fingerprint density at radius 3 is 2.07 bits per heavy atom. The molecule has 2 atom stereocenters. The summed E-state index contributed by atoms with van der Waals surface area (Å²) >= 11 is 0. The molecule has 0 bridgehead atoms. The molecule has 2 aromatic rings. The summed E-state index contributed by atoms with van der Waals surface area (Å²) in [5, 5.41) is 26.6. The van der Waals surface area contributed by atoms with Crippen molar-refractivity contribution in [1.82, 2.24) is 9.91 Å². The molecule has 1 saturated heterocycles. The first-order valence-electron chi connectivity index (χ1n) is 9.84. The molecule has 29 heavy (non-hydrogen) atoms. The summed E-state index contributed by atoms with van der Waals surface area (Å²) in [6, 6.07) is 19.9. The number of benzene rings is 2. The van der Waals surface area contributed by atoms with Crippen molar-refractivity contribution >= 4 is 12.1 Å². The number of nitrogens with zero attached hydrogens (tertiary/aromatic N) is 3. The van der Waals surface area contributed by atoms with Gasteiger partial charge in [-0.3, -0.25) is 9.80 Å². The van der Waals surface area contributed by atoms with E-state index in [4.69, 9.17) is 0 Å². The fourth-order valence-corrected chi connectivity index (χ4v) is 4.13. The Labute approximate surface area is 170 Å². The van der Waals surface area contributed by atoms with Gasteiger partial charge in [0.1, 0.15) is 6.10 Å². The predicted molar refractivity (Wildman–Crippen MR) is 111 cm³/mol. The van der Waals surface area contributed by atoms with Crippen LogP contribution in [0.15, 0.2) is 77.2 Å². The van der Waals surface area contributed by atoms with E-state index in [1.165, 1.54) is 6.21 Å². The molecule has 2 aliphatic rings. The summed E-state index contributed by atoms with van der Waals surface area (Å²) in [5.74, 6) is -0.744. The van der Waals surface area contributed by atoms with Gasteiger partial charge in [0.25, 0.3) is 5.91 Å². The van der Waals surface area contributed by atoms with Crippen molar-refractivity contribution in [3.8, 4) is 0 Å². The first-order chi connectivity index (χ1) is 14.0. The SMILES string of the molecule is CC(C)N1CC(C(c2ccccc2)c2ccccc2)N2N=CC(O)C(O)=C2C1=O. The number of hydrogen-bond acceptors (Lipinski definition) is 5. The van der Waals surface area contributed by atoms with E-state index < -0.39 is 6.10 Å². The minimum absolute atomic E-state index is 0.0531. The monoisotopic (exact) mass is 391 g/mol. The lowest BCUT2D eigenvalue weighted by atomic mass is 9.83. The summed E-state index contributed by atoms with van der Waals surface area (Å²) < 4.78 is 0. The minimum atomic E-state index is -1.27. The van der Waals surface area contributed by atoms with Crippen LogP contribution in [0.4, 0.5) is 0 Å². The van der Waals surface area contributed by atoms with Crippen molar-refractivity contribution in [2.24, 2.45) is 5.10 Å². The van der Waals surface area contributed by atoms with Gasteiger partial charge in [0.15, 0.2) is 11.5 Å². The third kappa shape index (κ3) is 3.40. The van der Waals surface area contributed by atoms with Gasteiger partial charge in [-0.15, -0.1) is 0 Å². The Balaban J connectivity index is 1.87. The van der Waals surface area contributed by atoms with Gasteiger partial charge < -0.3 is 15.1 Å². The molecule has 2 aromatic carbocycles. The largest absolute Gasteiger partial charge is 0.507 e. The second-order valence-electron chi connectivity index (χ2n) is 7.71. The van der Waals surface area contributed by atoms with Gasteiger partial charge in [-0.05, 0) is 25.0 Å². The number of hydrogen-bond donors (Lipinski definition) is 2. The van der Waals surface area contributed by atoms with Gasteiger partial charge in [-0.1, -0.05) is 60.7 Å². The van der Waals surface area contributed by atoms with Crippen molar-refractivity contribution < 1.29 is 15.0 Å². The minimum Gasteiger partial charge on any atom is -0.507 e. The van der Waals surface area contributed by atoms with Crippen LogP contribution in [0.25, 0.3) is 0 Å². The van der Waals surface area contributed by atoms with Crippen LogP contribution in [0, 0.1) is 0 Å². The zero-order chi connectivity index (χ0) is 20.5.